The summed E-state index contributed by atoms with van der Waals surface area (Å²) in [5.74, 6) is 0.616. The fourth-order valence-electron chi connectivity index (χ4n) is 1.38. The van der Waals surface area contributed by atoms with Crippen LogP contribution in [0.25, 0.3) is 0 Å². The number of aromatic nitrogens is 1. The Hall–Kier alpha value is -2.01. The van der Waals surface area contributed by atoms with Gasteiger partial charge in [-0.15, -0.1) is 0 Å². The molecule has 0 saturated heterocycles. The Labute approximate surface area is 109 Å². The lowest BCUT2D eigenvalue weighted by atomic mass is 10.2. The minimum absolute atomic E-state index is 0.190. The van der Waals surface area contributed by atoms with Crippen LogP contribution in [0.5, 0.6) is 11.5 Å². The molecule has 0 atom stereocenters. The highest BCUT2D eigenvalue weighted by molar-refractivity contribution is 7.80. The lowest BCUT2D eigenvalue weighted by molar-refractivity contribution is 0.475. The third kappa shape index (κ3) is 2.81. The third-order valence-electron chi connectivity index (χ3n) is 2.36. The minimum Gasteiger partial charge on any atom is -0.457 e. The predicted molar refractivity (Wildman–Crippen MR) is 71.3 cm³/mol. The van der Waals surface area contributed by atoms with Gasteiger partial charge in [0.15, 0.2) is 0 Å². The van der Waals surface area contributed by atoms with Gasteiger partial charge in [0, 0.05) is 18.3 Å². The van der Waals surface area contributed by atoms with E-state index in [2.05, 4.69) is 4.98 Å². The maximum atomic E-state index is 13.4. The zero-order chi connectivity index (χ0) is 13.1. The van der Waals surface area contributed by atoms with Crippen molar-refractivity contribution in [3.8, 4) is 11.5 Å². The molecule has 1 heterocycles. The molecule has 2 rings (SSSR count). The SMILES string of the molecule is Cc1ccc(Oc2ccnc(C(N)=S)c2)cc1F. The summed E-state index contributed by atoms with van der Waals surface area (Å²) in [6, 6.07) is 7.94. The number of hydrogen-bond acceptors (Lipinski definition) is 3. The van der Waals surface area contributed by atoms with Gasteiger partial charge in [0.05, 0.1) is 0 Å². The highest BCUT2D eigenvalue weighted by Crippen LogP contribution is 2.23. The van der Waals surface area contributed by atoms with Gasteiger partial charge in [0.1, 0.15) is 28.0 Å². The van der Waals surface area contributed by atoms with Crippen molar-refractivity contribution >= 4 is 17.2 Å². The summed E-state index contributed by atoms with van der Waals surface area (Å²) in [5, 5.41) is 0. The van der Waals surface area contributed by atoms with Gasteiger partial charge in [0.25, 0.3) is 0 Å². The van der Waals surface area contributed by atoms with E-state index in [1.165, 1.54) is 12.3 Å². The van der Waals surface area contributed by atoms with Crippen LogP contribution in [0.1, 0.15) is 11.3 Å². The summed E-state index contributed by atoms with van der Waals surface area (Å²) in [6.45, 7) is 1.69. The first-order valence-corrected chi connectivity index (χ1v) is 5.67. The van der Waals surface area contributed by atoms with Crippen LogP contribution in [0.15, 0.2) is 36.5 Å². The van der Waals surface area contributed by atoms with Crippen molar-refractivity contribution in [1.82, 2.24) is 4.98 Å². The highest BCUT2D eigenvalue weighted by atomic mass is 32.1. The standard InChI is InChI=1S/C13H11FN2OS/c1-8-2-3-9(6-11(8)14)17-10-4-5-16-12(7-10)13(15)18/h2-7H,1H3,(H2,15,18). The topological polar surface area (TPSA) is 48.1 Å². The first kappa shape index (κ1) is 12.4. The second kappa shape index (κ2) is 5.10. The van der Waals surface area contributed by atoms with Gasteiger partial charge in [-0.25, -0.2) is 4.39 Å². The number of nitrogens with zero attached hydrogens (tertiary/aromatic N) is 1. The van der Waals surface area contributed by atoms with Crippen LogP contribution in [0.3, 0.4) is 0 Å². The van der Waals surface area contributed by atoms with E-state index in [0.717, 1.165) is 0 Å². The van der Waals surface area contributed by atoms with Crippen molar-refractivity contribution in [2.45, 2.75) is 6.92 Å². The summed E-state index contributed by atoms with van der Waals surface area (Å²) in [4.78, 5) is 4.18. The molecule has 0 fully saturated rings. The van der Waals surface area contributed by atoms with Crippen LogP contribution in [-0.2, 0) is 0 Å². The van der Waals surface area contributed by atoms with Crippen molar-refractivity contribution in [2.24, 2.45) is 5.73 Å². The largest absolute Gasteiger partial charge is 0.457 e. The monoisotopic (exact) mass is 262 g/mol. The van der Waals surface area contributed by atoms with E-state index in [4.69, 9.17) is 22.7 Å². The number of ether oxygens (including phenoxy) is 1. The summed E-state index contributed by atoms with van der Waals surface area (Å²) in [7, 11) is 0. The first-order chi connectivity index (χ1) is 8.56. The van der Waals surface area contributed by atoms with E-state index in [1.807, 2.05) is 0 Å². The molecule has 0 spiro atoms. The Morgan fingerprint density at radius 1 is 1.28 bits per heavy atom. The summed E-state index contributed by atoms with van der Waals surface area (Å²) >= 11 is 4.82. The molecule has 1 aromatic carbocycles. The molecule has 92 valence electrons. The van der Waals surface area contributed by atoms with Gasteiger partial charge in [0.2, 0.25) is 0 Å². The lowest BCUT2D eigenvalue weighted by Crippen LogP contribution is -2.11. The average molecular weight is 262 g/mol. The zero-order valence-electron chi connectivity index (χ0n) is 9.68. The Kier molecular flexibility index (Phi) is 3.53. The molecule has 0 radical (unpaired) electrons. The molecule has 18 heavy (non-hydrogen) atoms. The van der Waals surface area contributed by atoms with Crippen molar-refractivity contribution in [2.75, 3.05) is 0 Å². The molecule has 2 N–H and O–H groups in total. The van der Waals surface area contributed by atoms with Crippen molar-refractivity contribution in [3.63, 3.8) is 0 Å². The maximum absolute atomic E-state index is 13.4. The van der Waals surface area contributed by atoms with Crippen molar-refractivity contribution in [3.05, 3.63) is 53.6 Å². The average Bonchev–Trinajstić information content (AvgIpc) is 2.34. The molecule has 1 aromatic heterocycles. The Morgan fingerprint density at radius 3 is 2.67 bits per heavy atom. The predicted octanol–water partition coefficient (Wildman–Crippen LogP) is 2.96. The normalized spacial score (nSPS) is 10.1. The van der Waals surface area contributed by atoms with Gasteiger partial charge >= 0.3 is 0 Å². The molecule has 0 aliphatic heterocycles. The van der Waals surface area contributed by atoms with E-state index >= 15 is 0 Å². The van der Waals surface area contributed by atoms with E-state index in [0.29, 0.717) is 22.8 Å². The van der Waals surface area contributed by atoms with Crippen LogP contribution in [-0.4, -0.2) is 9.97 Å². The Bertz CT molecular complexity index is 601. The highest BCUT2D eigenvalue weighted by Gasteiger charge is 2.04. The molecule has 0 amide bonds. The smallest absolute Gasteiger partial charge is 0.131 e. The van der Waals surface area contributed by atoms with E-state index < -0.39 is 0 Å². The molecule has 5 heteroatoms. The van der Waals surface area contributed by atoms with Gasteiger partial charge in [-0.2, -0.15) is 0 Å². The molecule has 3 nitrogen and oxygen atoms in total. The van der Waals surface area contributed by atoms with Crippen LogP contribution >= 0.6 is 12.2 Å². The number of aryl methyl sites for hydroxylation is 1. The second-order valence-corrected chi connectivity index (χ2v) is 4.19. The molecule has 0 aliphatic carbocycles. The number of hydrogen-bond donors (Lipinski definition) is 1. The molecule has 0 bridgehead atoms. The molecular weight excluding hydrogens is 251 g/mol. The number of halogens is 1. The summed E-state index contributed by atoms with van der Waals surface area (Å²) in [6.07, 6.45) is 1.54. The van der Waals surface area contributed by atoms with E-state index in [9.17, 15) is 4.39 Å². The van der Waals surface area contributed by atoms with Crippen LogP contribution < -0.4 is 10.5 Å². The van der Waals surface area contributed by atoms with Gasteiger partial charge in [-0.3, -0.25) is 4.98 Å². The van der Waals surface area contributed by atoms with E-state index in [1.54, 1.807) is 31.2 Å². The first-order valence-electron chi connectivity index (χ1n) is 5.26. The third-order valence-corrected chi connectivity index (χ3v) is 2.57. The number of rotatable bonds is 3. The molecule has 0 unspecified atom stereocenters. The van der Waals surface area contributed by atoms with Crippen LogP contribution in [0.2, 0.25) is 0 Å². The zero-order valence-corrected chi connectivity index (χ0v) is 10.5. The summed E-state index contributed by atoms with van der Waals surface area (Å²) < 4.78 is 18.9. The number of benzene rings is 1. The molecule has 0 aliphatic rings. The fourth-order valence-corrected chi connectivity index (χ4v) is 1.49. The van der Waals surface area contributed by atoms with Gasteiger partial charge < -0.3 is 10.5 Å². The fraction of sp³-hybridized carbons (Fsp3) is 0.0769. The van der Waals surface area contributed by atoms with Crippen molar-refractivity contribution < 1.29 is 9.13 Å². The Morgan fingerprint density at radius 2 is 2.00 bits per heavy atom. The van der Waals surface area contributed by atoms with Gasteiger partial charge in [-0.1, -0.05) is 18.3 Å². The number of pyridine rings is 1. The Balaban J connectivity index is 2.25. The number of thiocarbonyl (C=S) groups is 1. The molecular formula is C13H11FN2OS. The molecule has 2 aromatic rings. The van der Waals surface area contributed by atoms with Gasteiger partial charge in [-0.05, 0) is 24.6 Å². The minimum atomic E-state index is -0.309. The lowest BCUT2D eigenvalue weighted by Gasteiger charge is -2.07. The van der Waals surface area contributed by atoms with E-state index in [-0.39, 0.29) is 10.8 Å². The quantitative estimate of drug-likeness (QED) is 0.864. The maximum Gasteiger partial charge on any atom is 0.131 e. The second-order valence-electron chi connectivity index (χ2n) is 3.75. The van der Waals surface area contributed by atoms with Crippen molar-refractivity contribution in [1.29, 1.82) is 0 Å². The van der Waals surface area contributed by atoms with Crippen LogP contribution in [0.4, 0.5) is 4.39 Å². The number of nitrogens with two attached hydrogens (primary N) is 1. The molecule has 0 saturated carbocycles. The van der Waals surface area contributed by atoms with Crippen LogP contribution in [0, 0.1) is 12.7 Å². The summed E-state index contributed by atoms with van der Waals surface area (Å²) in [5.41, 5.74) is 6.51.